The molecule has 0 unspecified atom stereocenters. The molecule has 0 saturated carbocycles. The predicted molar refractivity (Wildman–Crippen MR) is 75.8 cm³/mol. The van der Waals surface area contributed by atoms with Crippen molar-refractivity contribution in [2.45, 2.75) is 19.3 Å². The molecular weight excluding hydrogens is 272 g/mol. The molecule has 21 heavy (non-hydrogen) atoms. The van der Waals surface area contributed by atoms with Crippen LogP contribution in [0.3, 0.4) is 0 Å². The molecule has 0 aromatic heterocycles. The van der Waals surface area contributed by atoms with Crippen molar-refractivity contribution in [2.24, 2.45) is 11.7 Å². The number of carboxylic acids is 1. The van der Waals surface area contributed by atoms with Gasteiger partial charge in [0.1, 0.15) is 0 Å². The van der Waals surface area contributed by atoms with Crippen LogP contribution in [0.4, 0.5) is 0 Å². The van der Waals surface area contributed by atoms with Gasteiger partial charge in [0.2, 0.25) is 5.91 Å². The molecule has 3 N–H and O–H groups in total. The smallest absolute Gasteiger partial charge is 0.303 e. The molecular formula is C15H18N2O4. The summed E-state index contributed by atoms with van der Waals surface area (Å²) >= 11 is 0. The molecule has 1 fully saturated rings. The number of carbonyl (C=O) groups excluding carboxylic acids is 2. The van der Waals surface area contributed by atoms with Gasteiger partial charge < -0.3 is 15.7 Å². The average Bonchev–Trinajstić information content (AvgIpc) is 2.46. The number of rotatable bonds is 4. The lowest BCUT2D eigenvalue weighted by molar-refractivity contribution is -0.138. The summed E-state index contributed by atoms with van der Waals surface area (Å²) in [4.78, 5) is 36.0. The van der Waals surface area contributed by atoms with E-state index < -0.39 is 11.9 Å². The van der Waals surface area contributed by atoms with E-state index in [9.17, 15) is 14.4 Å². The van der Waals surface area contributed by atoms with Crippen LogP contribution >= 0.6 is 0 Å². The topological polar surface area (TPSA) is 101 Å². The molecule has 0 spiro atoms. The number of primary amides is 1. The van der Waals surface area contributed by atoms with E-state index in [0.717, 1.165) is 12.8 Å². The van der Waals surface area contributed by atoms with Crippen molar-refractivity contribution in [1.29, 1.82) is 0 Å². The fraction of sp³-hybridized carbons (Fsp3) is 0.400. The van der Waals surface area contributed by atoms with Crippen LogP contribution in [0.5, 0.6) is 0 Å². The highest BCUT2D eigenvalue weighted by atomic mass is 16.4. The Labute approximate surface area is 122 Å². The molecule has 1 heterocycles. The fourth-order valence-electron chi connectivity index (χ4n) is 2.65. The van der Waals surface area contributed by atoms with Gasteiger partial charge in [-0.3, -0.25) is 14.4 Å². The Balaban J connectivity index is 2.10. The molecule has 112 valence electrons. The minimum absolute atomic E-state index is 0.0143. The molecule has 0 aliphatic carbocycles. The maximum atomic E-state index is 12.4. The zero-order valence-corrected chi connectivity index (χ0v) is 11.6. The second kappa shape index (κ2) is 6.39. The van der Waals surface area contributed by atoms with E-state index in [-0.39, 0.29) is 18.2 Å². The number of piperidine rings is 1. The molecule has 1 aliphatic heterocycles. The van der Waals surface area contributed by atoms with Gasteiger partial charge in [0, 0.05) is 30.6 Å². The van der Waals surface area contributed by atoms with Crippen LogP contribution in [0.25, 0.3) is 0 Å². The Kier molecular flexibility index (Phi) is 4.57. The van der Waals surface area contributed by atoms with Crippen molar-refractivity contribution in [3.8, 4) is 0 Å². The summed E-state index contributed by atoms with van der Waals surface area (Å²) in [5.41, 5.74) is 5.91. The van der Waals surface area contributed by atoms with Gasteiger partial charge in [0.25, 0.3) is 5.91 Å². The summed E-state index contributed by atoms with van der Waals surface area (Å²) in [7, 11) is 0. The lowest BCUT2D eigenvalue weighted by Gasteiger charge is -2.32. The first kappa shape index (κ1) is 15.0. The van der Waals surface area contributed by atoms with E-state index in [1.807, 2.05) is 0 Å². The molecule has 1 atom stereocenters. The van der Waals surface area contributed by atoms with Gasteiger partial charge in [0.15, 0.2) is 0 Å². The van der Waals surface area contributed by atoms with Gasteiger partial charge in [-0.15, -0.1) is 0 Å². The number of hydrogen-bond donors (Lipinski definition) is 2. The molecule has 2 rings (SSSR count). The molecule has 0 bridgehead atoms. The third-order valence-corrected chi connectivity index (χ3v) is 3.66. The number of nitrogens with zero attached hydrogens (tertiary/aromatic N) is 1. The van der Waals surface area contributed by atoms with Crippen molar-refractivity contribution < 1.29 is 19.5 Å². The Hall–Kier alpha value is -2.37. The molecule has 6 nitrogen and oxygen atoms in total. The first-order valence-electron chi connectivity index (χ1n) is 6.88. The fourth-order valence-corrected chi connectivity index (χ4v) is 2.65. The summed E-state index contributed by atoms with van der Waals surface area (Å²) in [5.74, 6) is -1.62. The number of carbonyl (C=O) groups is 3. The normalized spacial score (nSPS) is 18.3. The number of aliphatic carboxylic acids is 1. The van der Waals surface area contributed by atoms with Crippen molar-refractivity contribution in [3.05, 3.63) is 35.4 Å². The zero-order chi connectivity index (χ0) is 15.4. The van der Waals surface area contributed by atoms with E-state index in [4.69, 9.17) is 10.8 Å². The maximum Gasteiger partial charge on any atom is 0.303 e. The second-order valence-corrected chi connectivity index (χ2v) is 5.30. The van der Waals surface area contributed by atoms with Crippen LogP contribution in [-0.4, -0.2) is 40.9 Å². The second-order valence-electron chi connectivity index (χ2n) is 5.30. The molecule has 1 aromatic carbocycles. The van der Waals surface area contributed by atoms with Gasteiger partial charge in [-0.1, -0.05) is 6.07 Å². The molecule has 1 aromatic rings. The van der Waals surface area contributed by atoms with Crippen molar-refractivity contribution in [2.75, 3.05) is 13.1 Å². The Bertz CT molecular complexity index is 571. The van der Waals surface area contributed by atoms with Crippen LogP contribution in [0.2, 0.25) is 0 Å². The molecule has 1 saturated heterocycles. The predicted octanol–water partition coefficient (Wildman–Crippen LogP) is 1.11. The van der Waals surface area contributed by atoms with E-state index >= 15 is 0 Å². The lowest BCUT2D eigenvalue weighted by atomic mass is 9.94. The summed E-state index contributed by atoms with van der Waals surface area (Å²) in [6, 6.07) is 6.29. The summed E-state index contributed by atoms with van der Waals surface area (Å²) in [6.45, 7) is 1.04. The highest BCUT2D eigenvalue weighted by Gasteiger charge is 2.26. The lowest BCUT2D eigenvalue weighted by Crippen LogP contribution is -2.40. The van der Waals surface area contributed by atoms with Crippen LogP contribution < -0.4 is 5.73 Å². The SMILES string of the molecule is NC(=O)c1cccc(C(=O)N2CCC[C@@H](CC(=O)O)C2)c1. The molecule has 6 heteroatoms. The first-order chi connectivity index (χ1) is 9.97. The first-order valence-corrected chi connectivity index (χ1v) is 6.88. The van der Waals surface area contributed by atoms with E-state index in [2.05, 4.69) is 0 Å². The third-order valence-electron chi connectivity index (χ3n) is 3.66. The van der Waals surface area contributed by atoms with Gasteiger partial charge in [-0.05, 0) is 37.0 Å². The molecule has 0 radical (unpaired) electrons. The minimum Gasteiger partial charge on any atom is -0.481 e. The highest BCUT2D eigenvalue weighted by Crippen LogP contribution is 2.21. The van der Waals surface area contributed by atoms with Gasteiger partial charge in [-0.25, -0.2) is 0 Å². The maximum absolute atomic E-state index is 12.4. The molecule has 1 aliphatic rings. The Morgan fingerprint density at radius 3 is 2.67 bits per heavy atom. The monoisotopic (exact) mass is 290 g/mol. The van der Waals surface area contributed by atoms with Gasteiger partial charge in [-0.2, -0.15) is 0 Å². The largest absolute Gasteiger partial charge is 0.481 e. The Morgan fingerprint density at radius 1 is 1.29 bits per heavy atom. The minimum atomic E-state index is -0.843. The summed E-state index contributed by atoms with van der Waals surface area (Å²) in [5, 5.41) is 8.85. The number of hydrogen-bond acceptors (Lipinski definition) is 3. The number of nitrogens with two attached hydrogens (primary N) is 1. The summed E-state index contributed by atoms with van der Waals surface area (Å²) in [6.07, 6.45) is 1.68. The summed E-state index contributed by atoms with van der Waals surface area (Å²) < 4.78 is 0. The number of amides is 2. The highest BCUT2D eigenvalue weighted by molar-refractivity contribution is 5.99. The van der Waals surface area contributed by atoms with Crippen LogP contribution in [-0.2, 0) is 4.79 Å². The van der Waals surface area contributed by atoms with Crippen molar-refractivity contribution in [3.63, 3.8) is 0 Å². The van der Waals surface area contributed by atoms with Crippen molar-refractivity contribution in [1.82, 2.24) is 4.90 Å². The van der Waals surface area contributed by atoms with Crippen LogP contribution in [0.15, 0.2) is 24.3 Å². The Morgan fingerprint density at radius 2 is 2.00 bits per heavy atom. The third kappa shape index (κ3) is 3.81. The van der Waals surface area contributed by atoms with Crippen LogP contribution in [0.1, 0.15) is 40.0 Å². The van der Waals surface area contributed by atoms with Gasteiger partial charge >= 0.3 is 5.97 Å². The molecule has 2 amide bonds. The van der Waals surface area contributed by atoms with Gasteiger partial charge in [0.05, 0.1) is 0 Å². The average molecular weight is 290 g/mol. The van der Waals surface area contributed by atoms with E-state index in [1.54, 1.807) is 23.1 Å². The quantitative estimate of drug-likeness (QED) is 0.867. The number of benzene rings is 1. The number of carboxylic acid groups (broad SMARTS) is 1. The standard InChI is InChI=1S/C15H18N2O4/c16-14(20)11-4-1-5-12(8-11)15(21)17-6-2-3-10(9-17)7-13(18)19/h1,4-5,8,10H,2-3,6-7,9H2,(H2,16,20)(H,18,19)/t10-/m0/s1. The number of likely N-dealkylation sites (tertiary alicyclic amines) is 1. The van der Waals surface area contributed by atoms with E-state index in [1.165, 1.54) is 6.07 Å². The van der Waals surface area contributed by atoms with Crippen LogP contribution in [0, 0.1) is 5.92 Å². The van der Waals surface area contributed by atoms with E-state index in [0.29, 0.717) is 24.2 Å². The van der Waals surface area contributed by atoms with Crippen molar-refractivity contribution >= 4 is 17.8 Å². The zero-order valence-electron chi connectivity index (χ0n) is 11.6.